The maximum absolute atomic E-state index is 12.2. The first-order chi connectivity index (χ1) is 12.3. The molecule has 1 aromatic heterocycles. The fourth-order valence-corrected chi connectivity index (χ4v) is 3.39. The minimum absolute atomic E-state index is 0.0305. The molecule has 1 saturated heterocycles. The minimum atomic E-state index is 0.0305. The van der Waals surface area contributed by atoms with Gasteiger partial charge in [-0.25, -0.2) is 0 Å². The lowest BCUT2D eigenvalue weighted by molar-refractivity contribution is -0.116. The Morgan fingerprint density at radius 3 is 3.04 bits per heavy atom. The molecule has 2 aromatic rings. The molecule has 1 aliphatic heterocycles. The van der Waals surface area contributed by atoms with Crippen molar-refractivity contribution in [2.45, 2.75) is 31.7 Å². The summed E-state index contributed by atoms with van der Waals surface area (Å²) >= 11 is 0. The van der Waals surface area contributed by atoms with E-state index in [1.54, 1.807) is 19.5 Å². The highest BCUT2D eigenvalue weighted by molar-refractivity contribution is 5.90. The highest BCUT2D eigenvalue weighted by Gasteiger charge is 2.24. The van der Waals surface area contributed by atoms with Crippen LogP contribution in [0.1, 0.15) is 37.3 Å². The molecular formula is C20H25N3O2. The number of hydrogen-bond acceptors (Lipinski definition) is 4. The van der Waals surface area contributed by atoms with E-state index in [0.29, 0.717) is 12.5 Å². The average Bonchev–Trinajstić information content (AvgIpc) is 2.67. The second-order valence-corrected chi connectivity index (χ2v) is 6.36. The molecule has 1 fully saturated rings. The normalized spacial score (nSPS) is 17.9. The van der Waals surface area contributed by atoms with Crippen LogP contribution in [0.3, 0.4) is 0 Å². The standard InChI is InChI=1S/C20H25N3O2/c1-25-18-8-4-6-16(14-18)19-9-2-3-12-23(19)13-10-20(24)22-17-7-5-11-21-15-17/h4-8,11,14-15,19H,2-3,9-10,12-13H2,1H3,(H,22,24)/t19-/m1/s1. The Labute approximate surface area is 149 Å². The second kappa shape index (κ2) is 8.62. The number of piperidine rings is 1. The van der Waals surface area contributed by atoms with Gasteiger partial charge in [-0.2, -0.15) is 0 Å². The molecule has 0 spiro atoms. The van der Waals surface area contributed by atoms with E-state index in [9.17, 15) is 4.79 Å². The fraction of sp³-hybridized carbons (Fsp3) is 0.400. The Morgan fingerprint density at radius 1 is 1.32 bits per heavy atom. The Kier molecular flexibility index (Phi) is 6.01. The van der Waals surface area contributed by atoms with Crippen molar-refractivity contribution in [1.29, 1.82) is 0 Å². The molecule has 1 aromatic carbocycles. The fourth-order valence-electron chi connectivity index (χ4n) is 3.39. The largest absolute Gasteiger partial charge is 0.497 e. The molecule has 132 valence electrons. The monoisotopic (exact) mass is 339 g/mol. The van der Waals surface area contributed by atoms with Gasteiger partial charge in [-0.1, -0.05) is 18.6 Å². The van der Waals surface area contributed by atoms with Crippen molar-refractivity contribution in [3.05, 3.63) is 54.4 Å². The first-order valence-electron chi connectivity index (χ1n) is 8.84. The Morgan fingerprint density at radius 2 is 2.24 bits per heavy atom. The van der Waals surface area contributed by atoms with Crippen LogP contribution in [0.4, 0.5) is 5.69 Å². The summed E-state index contributed by atoms with van der Waals surface area (Å²) in [6.45, 7) is 1.79. The van der Waals surface area contributed by atoms with E-state index >= 15 is 0 Å². The van der Waals surface area contributed by atoms with E-state index in [2.05, 4.69) is 27.3 Å². The van der Waals surface area contributed by atoms with E-state index in [1.165, 1.54) is 18.4 Å². The van der Waals surface area contributed by atoms with Crippen LogP contribution < -0.4 is 10.1 Å². The summed E-state index contributed by atoms with van der Waals surface area (Å²) in [6.07, 6.45) is 7.37. The van der Waals surface area contributed by atoms with Gasteiger partial charge in [0, 0.05) is 25.2 Å². The number of rotatable bonds is 6. The molecule has 25 heavy (non-hydrogen) atoms. The smallest absolute Gasteiger partial charge is 0.225 e. The molecule has 0 unspecified atom stereocenters. The quantitative estimate of drug-likeness (QED) is 0.873. The number of likely N-dealkylation sites (tertiary alicyclic amines) is 1. The predicted octanol–water partition coefficient (Wildman–Crippen LogP) is 3.65. The number of carbonyl (C=O) groups is 1. The first kappa shape index (κ1) is 17.4. The van der Waals surface area contributed by atoms with Gasteiger partial charge in [-0.15, -0.1) is 0 Å². The second-order valence-electron chi connectivity index (χ2n) is 6.36. The maximum Gasteiger partial charge on any atom is 0.225 e. The molecule has 1 atom stereocenters. The number of hydrogen-bond donors (Lipinski definition) is 1. The molecule has 1 aliphatic rings. The van der Waals surface area contributed by atoms with Gasteiger partial charge in [0.25, 0.3) is 0 Å². The summed E-state index contributed by atoms with van der Waals surface area (Å²) < 4.78 is 5.36. The van der Waals surface area contributed by atoms with Crippen LogP contribution in [-0.2, 0) is 4.79 Å². The van der Waals surface area contributed by atoms with Crippen LogP contribution in [0.2, 0.25) is 0 Å². The van der Waals surface area contributed by atoms with Crippen LogP contribution in [0.25, 0.3) is 0 Å². The van der Waals surface area contributed by atoms with Gasteiger partial charge < -0.3 is 10.1 Å². The topological polar surface area (TPSA) is 54.5 Å². The molecule has 0 radical (unpaired) electrons. The Balaban J connectivity index is 1.60. The van der Waals surface area contributed by atoms with Crippen molar-refractivity contribution in [3.63, 3.8) is 0 Å². The van der Waals surface area contributed by atoms with Crippen LogP contribution in [0.15, 0.2) is 48.8 Å². The number of anilines is 1. The number of methoxy groups -OCH3 is 1. The van der Waals surface area contributed by atoms with Gasteiger partial charge in [0.05, 0.1) is 19.0 Å². The number of carbonyl (C=O) groups excluding carboxylic acids is 1. The van der Waals surface area contributed by atoms with Crippen LogP contribution in [-0.4, -0.2) is 36.0 Å². The molecule has 0 saturated carbocycles. The van der Waals surface area contributed by atoms with E-state index in [0.717, 1.165) is 30.9 Å². The van der Waals surface area contributed by atoms with Crippen molar-refractivity contribution in [2.24, 2.45) is 0 Å². The van der Waals surface area contributed by atoms with Crippen molar-refractivity contribution in [3.8, 4) is 5.75 Å². The van der Waals surface area contributed by atoms with Gasteiger partial charge in [0.2, 0.25) is 5.91 Å². The predicted molar refractivity (Wildman–Crippen MR) is 98.6 cm³/mol. The Bertz CT molecular complexity index is 690. The van der Waals surface area contributed by atoms with E-state index in [-0.39, 0.29) is 5.91 Å². The molecule has 3 rings (SSSR count). The molecule has 0 bridgehead atoms. The Hall–Kier alpha value is -2.40. The number of nitrogens with zero attached hydrogens (tertiary/aromatic N) is 2. The van der Waals surface area contributed by atoms with Gasteiger partial charge in [0.1, 0.15) is 5.75 Å². The molecule has 0 aliphatic carbocycles. The SMILES string of the molecule is COc1cccc([C@H]2CCCCN2CCC(=O)Nc2cccnc2)c1. The highest BCUT2D eigenvalue weighted by Crippen LogP contribution is 2.32. The summed E-state index contributed by atoms with van der Waals surface area (Å²) in [5, 5.41) is 2.91. The van der Waals surface area contributed by atoms with E-state index < -0.39 is 0 Å². The zero-order valence-corrected chi connectivity index (χ0v) is 14.6. The van der Waals surface area contributed by atoms with Crippen LogP contribution >= 0.6 is 0 Å². The van der Waals surface area contributed by atoms with E-state index in [4.69, 9.17) is 4.74 Å². The average molecular weight is 339 g/mol. The number of pyridine rings is 1. The van der Waals surface area contributed by atoms with Crippen molar-refractivity contribution >= 4 is 11.6 Å². The van der Waals surface area contributed by atoms with Gasteiger partial charge in [-0.05, 0) is 49.2 Å². The molecule has 2 heterocycles. The maximum atomic E-state index is 12.2. The van der Waals surface area contributed by atoms with Gasteiger partial charge in [0.15, 0.2) is 0 Å². The number of benzene rings is 1. The summed E-state index contributed by atoms with van der Waals surface area (Å²) in [5.74, 6) is 0.917. The number of amides is 1. The molecule has 1 N–H and O–H groups in total. The third-order valence-corrected chi connectivity index (χ3v) is 4.66. The summed E-state index contributed by atoms with van der Waals surface area (Å²) in [5.41, 5.74) is 2.02. The molecule has 5 nitrogen and oxygen atoms in total. The van der Waals surface area contributed by atoms with Crippen molar-refractivity contribution in [1.82, 2.24) is 9.88 Å². The minimum Gasteiger partial charge on any atom is -0.497 e. The zero-order valence-electron chi connectivity index (χ0n) is 14.6. The van der Waals surface area contributed by atoms with Crippen LogP contribution in [0, 0.1) is 0 Å². The van der Waals surface area contributed by atoms with E-state index in [1.807, 2.05) is 24.3 Å². The lowest BCUT2D eigenvalue weighted by Crippen LogP contribution is -2.35. The third kappa shape index (κ3) is 4.79. The third-order valence-electron chi connectivity index (χ3n) is 4.66. The van der Waals surface area contributed by atoms with Gasteiger partial charge in [-0.3, -0.25) is 14.7 Å². The number of aromatic nitrogens is 1. The lowest BCUT2D eigenvalue weighted by atomic mass is 9.95. The zero-order chi connectivity index (χ0) is 17.5. The highest BCUT2D eigenvalue weighted by atomic mass is 16.5. The summed E-state index contributed by atoms with van der Waals surface area (Å²) in [6, 6.07) is 12.3. The van der Waals surface area contributed by atoms with Crippen molar-refractivity contribution in [2.75, 3.05) is 25.5 Å². The summed E-state index contributed by atoms with van der Waals surface area (Å²) in [7, 11) is 1.69. The number of ether oxygens (including phenoxy) is 1. The first-order valence-corrected chi connectivity index (χ1v) is 8.84. The lowest BCUT2D eigenvalue weighted by Gasteiger charge is -2.36. The summed E-state index contributed by atoms with van der Waals surface area (Å²) in [4.78, 5) is 18.6. The van der Waals surface area contributed by atoms with Crippen molar-refractivity contribution < 1.29 is 9.53 Å². The molecule has 5 heteroatoms. The molecule has 1 amide bonds. The van der Waals surface area contributed by atoms with Gasteiger partial charge >= 0.3 is 0 Å². The number of nitrogens with one attached hydrogen (secondary N) is 1. The molecular weight excluding hydrogens is 314 g/mol. The van der Waals surface area contributed by atoms with Crippen LogP contribution in [0.5, 0.6) is 5.75 Å².